The Balaban J connectivity index is 2.66. The second kappa shape index (κ2) is 5.67. The molecule has 0 aromatic heterocycles. The summed E-state index contributed by atoms with van der Waals surface area (Å²) in [6.45, 7) is 8.78. The van der Waals surface area contributed by atoms with Crippen molar-refractivity contribution in [3.8, 4) is 6.07 Å². The first-order valence-corrected chi connectivity index (χ1v) is 5.80. The van der Waals surface area contributed by atoms with Gasteiger partial charge in [0.1, 0.15) is 0 Å². The van der Waals surface area contributed by atoms with Crippen molar-refractivity contribution < 1.29 is 0 Å². The predicted molar refractivity (Wildman–Crippen MR) is 67.0 cm³/mol. The lowest BCUT2D eigenvalue weighted by molar-refractivity contribution is 0.389. The summed E-state index contributed by atoms with van der Waals surface area (Å²) in [4.78, 5) is 0. The first kappa shape index (κ1) is 12.7. The van der Waals surface area contributed by atoms with Crippen LogP contribution in [-0.4, -0.2) is 6.04 Å². The van der Waals surface area contributed by atoms with Crippen LogP contribution in [0.4, 0.5) is 0 Å². The van der Waals surface area contributed by atoms with Crippen LogP contribution in [0.1, 0.15) is 44.9 Å². The SMILES string of the molecule is CC(NC(C)C(C)C)c1ccc(C#N)cc1. The van der Waals surface area contributed by atoms with Crippen molar-refractivity contribution >= 4 is 0 Å². The fourth-order valence-electron chi connectivity index (χ4n) is 1.53. The molecule has 0 radical (unpaired) electrons. The van der Waals surface area contributed by atoms with E-state index < -0.39 is 0 Å². The van der Waals surface area contributed by atoms with Gasteiger partial charge in [-0.05, 0) is 37.5 Å². The largest absolute Gasteiger partial charge is 0.307 e. The minimum absolute atomic E-state index is 0.324. The van der Waals surface area contributed by atoms with Crippen LogP contribution in [0.3, 0.4) is 0 Å². The first-order chi connectivity index (χ1) is 7.54. The normalized spacial score (nSPS) is 14.5. The third-order valence-electron chi connectivity index (χ3n) is 3.05. The Kier molecular flexibility index (Phi) is 4.52. The molecule has 2 unspecified atom stereocenters. The zero-order valence-electron chi connectivity index (χ0n) is 10.5. The fourth-order valence-corrected chi connectivity index (χ4v) is 1.53. The molecule has 2 nitrogen and oxygen atoms in total. The maximum Gasteiger partial charge on any atom is 0.0991 e. The topological polar surface area (TPSA) is 35.8 Å². The summed E-state index contributed by atoms with van der Waals surface area (Å²) < 4.78 is 0. The van der Waals surface area contributed by atoms with Gasteiger partial charge < -0.3 is 5.32 Å². The van der Waals surface area contributed by atoms with Crippen LogP contribution in [0.25, 0.3) is 0 Å². The number of hydrogen-bond donors (Lipinski definition) is 1. The lowest BCUT2D eigenvalue weighted by Crippen LogP contribution is -2.32. The molecule has 0 spiro atoms. The molecular formula is C14H20N2. The molecule has 0 heterocycles. The smallest absolute Gasteiger partial charge is 0.0991 e. The molecule has 0 aliphatic heterocycles. The average Bonchev–Trinajstić information content (AvgIpc) is 2.28. The number of hydrogen-bond acceptors (Lipinski definition) is 2. The van der Waals surface area contributed by atoms with Gasteiger partial charge in [-0.3, -0.25) is 0 Å². The lowest BCUT2D eigenvalue weighted by atomic mass is 10.0. The zero-order chi connectivity index (χ0) is 12.1. The summed E-state index contributed by atoms with van der Waals surface area (Å²) in [5.41, 5.74) is 1.94. The van der Waals surface area contributed by atoms with Crippen LogP contribution in [0.2, 0.25) is 0 Å². The van der Waals surface area contributed by atoms with E-state index >= 15 is 0 Å². The van der Waals surface area contributed by atoms with Gasteiger partial charge in [0.05, 0.1) is 11.6 Å². The summed E-state index contributed by atoms with van der Waals surface area (Å²) in [6, 6.07) is 10.7. The van der Waals surface area contributed by atoms with Crippen molar-refractivity contribution in [1.82, 2.24) is 5.32 Å². The number of benzene rings is 1. The molecule has 2 heteroatoms. The van der Waals surface area contributed by atoms with Crippen molar-refractivity contribution in [3.63, 3.8) is 0 Å². The second-order valence-electron chi connectivity index (χ2n) is 4.65. The van der Waals surface area contributed by atoms with Gasteiger partial charge in [-0.1, -0.05) is 26.0 Å². The van der Waals surface area contributed by atoms with Crippen molar-refractivity contribution in [2.45, 2.75) is 39.8 Å². The van der Waals surface area contributed by atoms with Crippen LogP contribution in [-0.2, 0) is 0 Å². The van der Waals surface area contributed by atoms with E-state index in [1.165, 1.54) is 5.56 Å². The Morgan fingerprint density at radius 2 is 1.62 bits per heavy atom. The molecule has 0 fully saturated rings. The summed E-state index contributed by atoms with van der Waals surface area (Å²) in [5.74, 6) is 0.626. The predicted octanol–water partition coefficient (Wildman–Crippen LogP) is 3.25. The van der Waals surface area contributed by atoms with E-state index in [1.54, 1.807) is 0 Å². The van der Waals surface area contributed by atoms with E-state index in [4.69, 9.17) is 5.26 Å². The molecule has 0 bridgehead atoms. The van der Waals surface area contributed by atoms with E-state index in [0.29, 0.717) is 23.6 Å². The Labute approximate surface area is 98.3 Å². The monoisotopic (exact) mass is 216 g/mol. The number of nitriles is 1. The summed E-state index contributed by atoms with van der Waals surface area (Å²) in [5, 5.41) is 12.3. The third-order valence-corrected chi connectivity index (χ3v) is 3.05. The molecule has 86 valence electrons. The zero-order valence-corrected chi connectivity index (χ0v) is 10.5. The molecule has 0 saturated heterocycles. The van der Waals surface area contributed by atoms with E-state index in [9.17, 15) is 0 Å². The summed E-state index contributed by atoms with van der Waals surface area (Å²) in [7, 11) is 0. The molecule has 1 aromatic rings. The Bertz CT molecular complexity index is 359. The van der Waals surface area contributed by atoms with Crippen molar-refractivity contribution in [2.75, 3.05) is 0 Å². The quantitative estimate of drug-likeness (QED) is 0.838. The highest BCUT2D eigenvalue weighted by Crippen LogP contribution is 2.15. The van der Waals surface area contributed by atoms with Crippen LogP contribution < -0.4 is 5.32 Å². The van der Waals surface area contributed by atoms with E-state index in [-0.39, 0.29) is 0 Å². The molecule has 2 atom stereocenters. The molecule has 0 amide bonds. The van der Waals surface area contributed by atoms with Crippen LogP contribution in [0, 0.1) is 17.2 Å². The Morgan fingerprint density at radius 3 is 2.06 bits per heavy atom. The van der Waals surface area contributed by atoms with Gasteiger partial charge in [0.2, 0.25) is 0 Å². The van der Waals surface area contributed by atoms with E-state index in [0.717, 1.165) is 0 Å². The Morgan fingerprint density at radius 1 is 1.06 bits per heavy atom. The van der Waals surface area contributed by atoms with E-state index in [2.05, 4.69) is 39.1 Å². The molecule has 0 aliphatic rings. The minimum Gasteiger partial charge on any atom is -0.307 e. The highest BCUT2D eigenvalue weighted by molar-refractivity contribution is 5.32. The number of rotatable bonds is 4. The van der Waals surface area contributed by atoms with Gasteiger partial charge in [0.25, 0.3) is 0 Å². The van der Waals surface area contributed by atoms with Crippen molar-refractivity contribution in [3.05, 3.63) is 35.4 Å². The summed E-state index contributed by atoms with van der Waals surface area (Å²) in [6.07, 6.45) is 0. The number of nitrogens with zero attached hydrogens (tertiary/aromatic N) is 1. The minimum atomic E-state index is 0.324. The molecule has 0 saturated carbocycles. The lowest BCUT2D eigenvalue weighted by Gasteiger charge is -2.23. The Hall–Kier alpha value is -1.33. The standard InChI is InChI=1S/C14H20N2/c1-10(2)11(3)16-12(4)14-7-5-13(9-15)6-8-14/h5-8,10-12,16H,1-4H3. The van der Waals surface area contributed by atoms with Crippen molar-refractivity contribution in [2.24, 2.45) is 5.92 Å². The maximum atomic E-state index is 8.72. The van der Waals surface area contributed by atoms with Gasteiger partial charge in [0.15, 0.2) is 0 Å². The fraction of sp³-hybridized carbons (Fsp3) is 0.500. The number of nitrogens with one attached hydrogen (secondary N) is 1. The van der Waals surface area contributed by atoms with Gasteiger partial charge in [-0.25, -0.2) is 0 Å². The molecule has 1 N–H and O–H groups in total. The van der Waals surface area contributed by atoms with Gasteiger partial charge in [-0.15, -0.1) is 0 Å². The van der Waals surface area contributed by atoms with Crippen molar-refractivity contribution in [1.29, 1.82) is 5.26 Å². The second-order valence-corrected chi connectivity index (χ2v) is 4.65. The van der Waals surface area contributed by atoms with Crippen LogP contribution >= 0.6 is 0 Å². The third kappa shape index (κ3) is 3.36. The highest BCUT2D eigenvalue weighted by atomic mass is 14.9. The van der Waals surface area contributed by atoms with Gasteiger partial charge >= 0.3 is 0 Å². The molecule has 0 aliphatic carbocycles. The maximum absolute atomic E-state index is 8.72. The van der Waals surface area contributed by atoms with Gasteiger partial charge in [0, 0.05) is 12.1 Å². The first-order valence-electron chi connectivity index (χ1n) is 5.80. The van der Waals surface area contributed by atoms with Crippen LogP contribution in [0.15, 0.2) is 24.3 Å². The van der Waals surface area contributed by atoms with Crippen LogP contribution in [0.5, 0.6) is 0 Å². The van der Waals surface area contributed by atoms with E-state index in [1.807, 2.05) is 24.3 Å². The average molecular weight is 216 g/mol. The molecule has 1 aromatic carbocycles. The molecular weight excluding hydrogens is 196 g/mol. The summed E-state index contributed by atoms with van der Waals surface area (Å²) >= 11 is 0. The molecule has 1 rings (SSSR count). The highest BCUT2D eigenvalue weighted by Gasteiger charge is 2.11. The molecule has 16 heavy (non-hydrogen) atoms. The van der Waals surface area contributed by atoms with Gasteiger partial charge in [-0.2, -0.15) is 5.26 Å².